The van der Waals surface area contributed by atoms with Crippen LogP contribution in [0.1, 0.15) is 53.0 Å². The number of carboxylic acids is 1. The largest absolute Gasteiger partial charge is 0.480 e. The van der Waals surface area contributed by atoms with Crippen molar-refractivity contribution in [3.63, 3.8) is 0 Å². The molecule has 10 nitrogen and oxygen atoms in total. The number of aliphatic carboxylic acids is 1. The van der Waals surface area contributed by atoms with Crippen molar-refractivity contribution in [2.45, 2.75) is 66.0 Å². The molecule has 0 aliphatic carbocycles. The summed E-state index contributed by atoms with van der Waals surface area (Å²) in [5, 5.41) is 12.8. The van der Waals surface area contributed by atoms with Crippen molar-refractivity contribution < 1.29 is 33.8 Å². The molecule has 0 bridgehead atoms. The van der Waals surface area contributed by atoms with Gasteiger partial charge in [0.1, 0.15) is 12.1 Å². The van der Waals surface area contributed by atoms with Crippen LogP contribution in [0.3, 0.4) is 0 Å². The fourth-order valence-electron chi connectivity index (χ4n) is 4.08. The number of ether oxygens (including phenoxy) is 2. The van der Waals surface area contributed by atoms with E-state index in [2.05, 4.69) is 5.32 Å². The zero-order chi connectivity index (χ0) is 28.3. The predicted molar refractivity (Wildman–Crippen MR) is 142 cm³/mol. The molecule has 0 spiro atoms. The highest BCUT2D eigenvalue weighted by Gasteiger charge is 2.36. The lowest BCUT2D eigenvalue weighted by molar-refractivity contribution is -0.169. The number of hydrogen-bond donors (Lipinski definition) is 2. The van der Waals surface area contributed by atoms with E-state index in [1.807, 2.05) is 49.1 Å². The van der Waals surface area contributed by atoms with Gasteiger partial charge in [-0.3, -0.25) is 24.2 Å². The minimum absolute atomic E-state index is 0.0385. The highest BCUT2D eigenvalue weighted by Crippen LogP contribution is 2.19. The van der Waals surface area contributed by atoms with Crippen molar-refractivity contribution in [1.29, 1.82) is 0 Å². The second-order valence-electron chi connectivity index (χ2n) is 11.1. The lowest BCUT2D eigenvalue weighted by atomic mass is 9.97. The highest BCUT2D eigenvalue weighted by atomic mass is 16.5. The van der Waals surface area contributed by atoms with Crippen LogP contribution in [0, 0.1) is 11.3 Å². The van der Waals surface area contributed by atoms with Crippen LogP contribution in [0.15, 0.2) is 30.3 Å². The Bertz CT molecular complexity index is 924. The Hall–Kier alpha value is -2.98. The van der Waals surface area contributed by atoms with Gasteiger partial charge in [-0.2, -0.15) is 0 Å². The van der Waals surface area contributed by atoms with Crippen LogP contribution >= 0.6 is 0 Å². The third-order valence-corrected chi connectivity index (χ3v) is 6.25. The van der Waals surface area contributed by atoms with Crippen LogP contribution in [0.4, 0.5) is 0 Å². The van der Waals surface area contributed by atoms with Crippen molar-refractivity contribution in [2.75, 3.05) is 39.6 Å². The van der Waals surface area contributed by atoms with Gasteiger partial charge in [-0.05, 0) is 51.5 Å². The summed E-state index contributed by atoms with van der Waals surface area (Å²) in [6.45, 7) is 10.6. The molecule has 2 amide bonds. The molecule has 0 radical (unpaired) electrons. The normalized spacial score (nSPS) is 15.9. The van der Waals surface area contributed by atoms with E-state index in [0.717, 1.165) is 10.5 Å². The lowest BCUT2D eigenvalue weighted by Gasteiger charge is -2.34. The van der Waals surface area contributed by atoms with E-state index < -0.39 is 42.1 Å². The molecule has 1 aliphatic heterocycles. The summed E-state index contributed by atoms with van der Waals surface area (Å²) >= 11 is 0. The molecule has 2 N–H and O–H groups in total. The first-order valence-electron chi connectivity index (χ1n) is 13.2. The monoisotopic (exact) mass is 533 g/mol. The van der Waals surface area contributed by atoms with Gasteiger partial charge in [0.15, 0.2) is 6.73 Å². The fourth-order valence-corrected chi connectivity index (χ4v) is 4.08. The summed E-state index contributed by atoms with van der Waals surface area (Å²) in [5.74, 6) is -2.71. The Labute approximate surface area is 225 Å². The Morgan fingerprint density at radius 3 is 2.29 bits per heavy atom. The molecule has 212 valence electrons. The predicted octanol–water partition coefficient (Wildman–Crippen LogP) is 2.31. The molecule has 0 aromatic heterocycles. The summed E-state index contributed by atoms with van der Waals surface area (Å²) in [5.41, 5.74) is 0.153. The van der Waals surface area contributed by atoms with Crippen molar-refractivity contribution >= 4 is 23.8 Å². The third kappa shape index (κ3) is 10.4. The topological polar surface area (TPSA) is 125 Å². The fraction of sp³-hybridized carbons (Fsp3) is 0.643. The van der Waals surface area contributed by atoms with E-state index in [1.165, 1.54) is 0 Å². The van der Waals surface area contributed by atoms with Crippen LogP contribution in [0.2, 0.25) is 0 Å². The molecule has 2 atom stereocenters. The Balaban J connectivity index is 2.30. The standard InChI is InChI=1S/C28H43N3O7/c1-20(2)17-23(26(34)35)31(19-38-27(36)28(3,4)5)25(33)22(12-11-21-9-7-6-8-10-21)29-24(32)18-30-13-15-37-16-14-30/h6-10,20,22-23H,11-19H2,1-5H3,(H,29,32)(H,34,35). The summed E-state index contributed by atoms with van der Waals surface area (Å²) in [7, 11) is 0. The Kier molecular flexibility index (Phi) is 12.2. The van der Waals surface area contributed by atoms with Gasteiger partial charge in [0.05, 0.1) is 25.2 Å². The molecule has 10 heteroatoms. The van der Waals surface area contributed by atoms with E-state index in [-0.39, 0.29) is 31.2 Å². The number of amides is 2. The van der Waals surface area contributed by atoms with Crippen molar-refractivity contribution in [3.05, 3.63) is 35.9 Å². The van der Waals surface area contributed by atoms with Crippen LogP contribution in [0.25, 0.3) is 0 Å². The van der Waals surface area contributed by atoms with Gasteiger partial charge in [0.2, 0.25) is 11.8 Å². The van der Waals surface area contributed by atoms with Gasteiger partial charge in [-0.1, -0.05) is 44.2 Å². The maximum absolute atomic E-state index is 13.9. The minimum Gasteiger partial charge on any atom is -0.480 e. The summed E-state index contributed by atoms with van der Waals surface area (Å²) in [4.78, 5) is 54.7. The first-order valence-corrected chi connectivity index (χ1v) is 13.2. The Morgan fingerprint density at radius 1 is 1.11 bits per heavy atom. The van der Waals surface area contributed by atoms with E-state index in [1.54, 1.807) is 20.8 Å². The third-order valence-electron chi connectivity index (χ3n) is 6.25. The van der Waals surface area contributed by atoms with Crippen LogP contribution in [0.5, 0.6) is 0 Å². The van der Waals surface area contributed by atoms with Gasteiger partial charge in [0.25, 0.3) is 0 Å². The molecule has 1 aromatic carbocycles. The number of esters is 1. The van der Waals surface area contributed by atoms with Crippen molar-refractivity contribution in [1.82, 2.24) is 15.1 Å². The number of benzene rings is 1. The van der Waals surface area contributed by atoms with E-state index >= 15 is 0 Å². The quantitative estimate of drug-likeness (QED) is 0.292. The van der Waals surface area contributed by atoms with E-state index in [9.17, 15) is 24.3 Å². The maximum Gasteiger partial charge on any atom is 0.326 e. The number of nitrogens with one attached hydrogen (secondary N) is 1. The van der Waals surface area contributed by atoms with Crippen LogP contribution in [-0.2, 0) is 35.1 Å². The number of hydrogen-bond acceptors (Lipinski definition) is 7. The number of carbonyl (C=O) groups excluding carboxylic acids is 3. The van der Waals surface area contributed by atoms with Crippen molar-refractivity contribution in [2.24, 2.45) is 11.3 Å². The first kappa shape index (κ1) is 31.2. The van der Waals surface area contributed by atoms with E-state index in [4.69, 9.17) is 9.47 Å². The van der Waals surface area contributed by atoms with Crippen LogP contribution < -0.4 is 5.32 Å². The number of carbonyl (C=O) groups is 4. The second kappa shape index (κ2) is 14.8. The zero-order valence-electron chi connectivity index (χ0n) is 23.3. The summed E-state index contributed by atoms with van der Waals surface area (Å²) in [6.07, 6.45) is 0.920. The number of morpholine rings is 1. The molecule has 2 unspecified atom stereocenters. The molecular weight excluding hydrogens is 490 g/mol. The molecule has 0 saturated carbocycles. The van der Waals surface area contributed by atoms with Gasteiger partial charge in [0, 0.05) is 13.1 Å². The molecule has 1 aliphatic rings. The molecule has 1 aromatic rings. The van der Waals surface area contributed by atoms with Gasteiger partial charge >= 0.3 is 11.9 Å². The Morgan fingerprint density at radius 2 is 1.74 bits per heavy atom. The van der Waals surface area contributed by atoms with E-state index in [0.29, 0.717) is 32.7 Å². The molecular formula is C28H43N3O7. The lowest BCUT2D eigenvalue weighted by Crippen LogP contribution is -2.56. The number of carboxylic acid groups (broad SMARTS) is 1. The number of rotatable bonds is 13. The van der Waals surface area contributed by atoms with Gasteiger partial charge in [-0.15, -0.1) is 0 Å². The average Bonchev–Trinajstić information content (AvgIpc) is 2.85. The first-order chi connectivity index (χ1) is 17.9. The molecule has 38 heavy (non-hydrogen) atoms. The van der Waals surface area contributed by atoms with Gasteiger partial charge < -0.3 is 19.9 Å². The number of nitrogens with zero attached hydrogens (tertiary/aromatic N) is 2. The van der Waals surface area contributed by atoms with Crippen LogP contribution in [-0.4, -0.2) is 90.3 Å². The average molecular weight is 534 g/mol. The smallest absolute Gasteiger partial charge is 0.326 e. The molecule has 1 saturated heterocycles. The highest BCUT2D eigenvalue weighted by molar-refractivity contribution is 5.91. The zero-order valence-corrected chi connectivity index (χ0v) is 23.3. The minimum atomic E-state index is -1.22. The molecule has 2 rings (SSSR count). The molecule has 1 heterocycles. The molecule has 1 fully saturated rings. The second-order valence-corrected chi connectivity index (χ2v) is 11.1. The number of aryl methyl sites for hydroxylation is 1. The SMILES string of the molecule is CC(C)CC(C(=O)O)N(COC(=O)C(C)(C)C)C(=O)C(CCc1ccccc1)NC(=O)CN1CCOCC1. The van der Waals surface area contributed by atoms with Crippen molar-refractivity contribution in [3.8, 4) is 0 Å². The summed E-state index contributed by atoms with van der Waals surface area (Å²) in [6, 6.07) is 7.33. The van der Waals surface area contributed by atoms with Gasteiger partial charge in [-0.25, -0.2) is 4.79 Å². The summed E-state index contributed by atoms with van der Waals surface area (Å²) < 4.78 is 10.7. The maximum atomic E-state index is 13.9.